The normalized spacial score (nSPS) is 22.4. The molecule has 0 bridgehead atoms. The molecule has 3 aliphatic heterocycles. The number of amides is 3. The number of nitrogens with zero attached hydrogens (tertiary/aromatic N) is 6. The molecule has 3 amide bonds. The molecule has 9 nitrogen and oxygen atoms in total. The van der Waals surface area contributed by atoms with Crippen molar-refractivity contribution in [2.75, 3.05) is 64.9 Å². The summed E-state index contributed by atoms with van der Waals surface area (Å²) in [5.74, 6) is 0.965. The summed E-state index contributed by atoms with van der Waals surface area (Å²) >= 11 is 6.13. The minimum absolute atomic E-state index is 0.0307. The fourth-order valence-corrected chi connectivity index (χ4v) is 4.50. The first-order valence-corrected chi connectivity index (χ1v) is 10.9. The van der Waals surface area contributed by atoms with Gasteiger partial charge >= 0.3 is 11.9 Å². The van der Waals surface area contributed by atoms with E-state index in [0.717, 1.165) is 47.6 Å². The van der Waals surface area contributed by atoms with Gasteiger partial charge < -0.3 is 10.0 Å². The molecule has 2 fully saturated rings. The largest absolute Gasteiger partial charge is 0.396 e. The zero-order chi connectivity index (χ0) is 22.1. The molecule has 0 spiro atoms. The number of amidine groups is 2. The van der Waals surface area contributed by atoms with Crippen molar-refractivity contribution in [1.82, 2.24) is 14.7 Å². The third kappa shape index (κ3) is 4.17. The molecular weight excluding hydrogens is 420 g/mol. The summed E-state index contributed by atoms with van der Waals surface area (Å²) < 4.78 is 1.94. The Hall–Kier alpha value is -2.49. The number of anilines is 1. The van der Waals surface area contributed by atoms with Crippen LogP contribution in [0.5, 0.6) is 0 Å². The molecule has 166 valence electrons. The number of benzene rings is 1. The maximum absolute atomic E-state index is 12.9. The monoisotopic (exact) mass is 447 g/mol. The van der Waals surface area contributed by atoms with E-state index in [4.69, 9.17) is 16.6 Å². The van der Waals surface area contributed by atoms with Crippen molar-refractivity contribution < 1.29 is 19.3 Å². The Kier molecular flexibility index (Phi) is 6.27. The van der Waals surface area contributed by atoms with E-state index in [1.807, 2.05) is 22.8 Å². The smallest absolute Gasteiger partial charge is 0.333 e. The standard InChI is InChI=1S/C21H28ClN6O3/c1-24-19-18(20(30)25(2)21(24)31)28(7-4-12-29)17(23-19)14-26-8-10-27(11-9-26)16-6-3-5-15(22)13-16/h3,5-6,13,18,29H,4,7-12,14H2,1-2H3/q+1. The number of halogens is 1. The van der Waals surface area contributed by atoms with E-state index in [-0.39, 0.29) is 18.5 Å². The molecule has 0 saturated carbocycles. The predicted octanol–water partition coefficient (Wildman–Crippen LogP) is 0.560. The number of fused-ring (bicyclic) bond motifs is 1. The van der Waals surface area contributed by atoms with E-state index in [2.05, 4.69) is 15.9 Å². The Bertz CT molecular complexity index is 941. The molecule has 1 aromatic rings. The first-order chi connectivity index (χ1) is 14.9. The van der Waals surface area contributed by atoms with Crippen LogP contribution in [0.3, 0.4) is 0 Å². The van der Waals surface area contributed by atoms with E-state index < -0.39 is 6.04 Å². The highest BCUT2D eigenvalue weighted by molar-refractivity contribution is 6.30. The first-order valence-electron chi connectivity index (χ1n) is 10.5. The number of aliphatic hydroxyl groups is 1. The number of urea groups is 1. The van der Waals surface area contributed by atoms with E-state index >= 15 is 0 Å². The van der Waals surface area contributed by atoms with Crippen LogP contribution in [0.4, 0.5) is 10.5 Å². The lowest BCUT2D eigenvalue weighted by Gasteiger charge is -2.35. The second kappa shape index (κ2) is 8.94. The van der Waals surface area contributed by atoms with Crippen molar-refractivity contribution in [3.63, 3.8) is 0 Å². The second-order valence-corrected chi connectivity index (χ2v) is 8.48. The van der Waals surface area contributed by atoms with Crippen LogP contribution in [0, 0.1) is 0 Å². The highest BCUT2D eigenvalue weighted by atomic mass is 35.5. The Morgan fingerprint density at radius 2 is 1.90 bits per heavy atom. The van der Waals surface area contributed by atoms with E-state index in [1.165, 1.54) is 11.9 Å². The van der Waals surface area contributed by atoms with Crippen LogP contribution < -0.4 is 4.90 Å². The maximum Gasteiger partial charge on any atom is 0.333 e. The average molecular weight is 448 g/mol. The van der Waals surface area contributed by atoms with Crippen LogP contribution in [0.15, 0.2) is 29.3 Å². The van der Waals surface area contributed by atoms with Crippen LogP contribution in [-0.4, -0.2) is 114 Å². The Labute approximate surface area is 186 Å². The fourth-order valence-electron chi connectivity index (χ4n) is 4.31. The summed E-state index contributed by atoms with van der Waals surface area (Å²) in [6.07, 6.45) is 0.528. The number of piperazine rings is 1. The maximum atomic E-state index is 12.9. The first kappa shape index (κ1) is 21.7. The van der Waals surface area contributed by atoms with Gasteiger partial charge in [-0.1, -0.05) is 17.7 Å². The lowest BCUT2D eigenvalue weighted by Crippen LogP contribution is -2.61. The van der Waals surface area contributed by atoms with Crippen LogP contribution in [0.1, 0.15) is 6.42 Å². The number of likely N-dealkylation sites (N-methyl/N-ethyl adjacent to an activating group) is 2. The van der Waals surface area contributed by atoms with Crippen LogP contribution in [0.2, 0.25) is 5.02 Å². The zero-order valence-corrected chi connectivity index (χ0v) is 18.6. The van der Waals surface area contributed by atoms with Crippen LogP contribution in [0.25, 0.3) is 0 Å². The Morgan fingerprint density at radius 3 is 2.58 bits per heavy atom. The summed E-state index contributed by atoms with van der Waals surface area (Å²) in [5.41, 5.74) is 1.12. The van der Waals surface area contributed by atoms with Crippen molar-refractivity contribution in [2.45, 2.75) is 12.5 Å². The van der Waals surface area contributed by atoms with Crippen LogP contribution >= 0.6 is 11.6 Å². The number of carbonyl (C=O) groups is 2. The molecular formula is C21H28ClN6O3+. The van der Waals surface area contributed by atoms with Gasteiger partial charge in [-0.15, -0.1) is 0 Å². The van der Waals surface area contributed by atoms with Gasteiger partial charge in [0.25, 0.3) is 17.8 Å². The Balaban J connectivity index is 1.50. The number of aliphatic hydroxyl groups excluding tert-OH is 1. The predicted molar refractivity (Wildman–Crippen MR) is 119 cm³/mol. The van der Waals surface area contributed by atoms with Crippen LogP contribution in [-0.2, 0) is 4.79 Å². The molecule has 10 heteroatoms. The summed E-state index contributed by atoms with van der Waals surface area (Å²) in [6, 6.07) is 6.89. The fraction of sp³-hybridized carbons (Fsp3) is 0.524. The SMILES string of the molecule is CN1C(=O)C2C(=NC(CN3CCN(c4cccc(Cl)c4)CC3)=[N+]2CCCO)N(C)C1=O. The van der Waals surface area contributed by atoms with Gasteiger partial charge in [0.15, 0.2) is 0 Å². The lowest BCUT2D eigenvalue weighted by atomic mass is 10.1. The summed E-state index contributed by atoms with van der Waals surface area (Å²) in [5, 5.41) is 10.1. The lowest BCUT2D eigenvalue weighted by molar-refractivity contribution is -0.537. The molecule has 3 aliphatic rings. The van der Waals surface area contributed by atoms with Gasteiger partial charge in [0.1, 0.15) is 6.54 Å². The molecule has 1 N–H and O–H groups in total. The van der Waals surface area contributed by atoms with Crippen molar-refractivity contribution in [3.8, 4) is 0 Å². The highest BCUT2D eigenvalue weighted by Crippen LogP contribution is 2.22. The number of rotatable bonds is 6. The number of carbonyl (C=O) groups excluding carboxylic acids is 2. The van der Waals surface area contributed by atoms with Crippen molar-refractivity contribution in [3.05, 3.63) is 29.3 Å². The van der Waals surface area contributed by atoms with Gasteiger partial charge in [0.2, 0.25) is 0 Å². The van der Waals surface area contributed by atoms with Gasteiger partial charge in [-0.2, -0.15) is 0 Å². The molecule has 0 aliphatic carbocycles. The van der Waals surface area contributed by atoms with E-state index in [0.29, 0.717) is 25.3 Å². The van der Waals surface area contributed by atoms with Gasteiger partial charge in [0, 0.05) is 64.0 Å². The average Bonchev–Trinajstić information content (AvgIpc) is 3.13. The van der Waals surface area contributed by atoms with Gasteiger partial charge in [0.05, 0.1) is 6.54 Å². The number of hydrogen-bond donors (Lipinski definition) is 1. The van der Waals surface area contributed by atoms with Gasteiger partial charge in [-0.3, -0.25) is 19.5 Å². The molecule has 2 saturated heterocycles. The van der Waals surface area contributed by atoms with Gasteiger partial charge in [-0.05, 0) is 23.2 Å². The van der Waals surface area contributed by atoms with Crippen molar-refractivity contribution >= 4 is 40.9 Å². The molecule has 3 heterocycles. The third-order valence-electron chi connectivity index (χ3n) is 6.08. The molecule has 31 heavy (non-hydrogen) atoms. The third-order valence-corrected chi connectivity index (χ3v) is 6.32. The van der Waals surface area contributed by atoms with Crippen molar-refractivity contribution in [1.29, 1.82) is 0 Å². The van der Waals surface area contributed by atoms with Gasteiger partial charge in [-0.25, -0.2) is 9.37 Å². The number of aliphatic imine (C=N–C) groups is 1. The molecule has 1 aromatic carbocycles. The summed E-state index contributed by atoms with van der Waals surface area (Å²) in [7, 11) is 3.14. The molecule has 4 rings (SSSR count). The quantitative estimate of drug-likeness (QED) is 0.644. The van der Waals surface area contributed by atoms with E-state index in [9.17, 15) is 14.7 Å². The number of imide groups is 1. The molecule has 1 unspecified atom stereocenters. The molecule has 1 atom stereocenters. The Morgan fingerprint density at radius 1 is 1.16 bits per heavy atom. The minimum Gasteiger partial charge on any atom is -0.396 e. The minimum atomic E-state index is -0.609. The van der Waals surface area contributed by atoms with E-state index in [1.54, 1.807) is 7.05 Å². The zero-order valence-electron chi connectivity index (χ0n) is 17.9. The van der Waals surface area contributed by atoms with Crippen molar-refractivity contribution in [2.24, 2.45) is 4.99 Å². The molecule has 0 aromatic heterocycles. The second-order valence-electron chi connectivity index (χ2n) is 8.04. The summed E-state index contributed by atoms with van der Waals surface area (Å²) in [6.45, 7) is 4.56. The highest BCUT2D eigenvalue weighted by Gasteiger charge is 2.52. The number of hydrogen-bond acceptors (Lipinski definition) is 6. The topological polar surface area (TPSA) is 82.7 Å². The molecule has 0 radical (unpaired) electrons. The summed E-state index contributed by atoms with van der Waals surface area (Å²) in [4.78, 5) is 37.1.